The molecular weight excluding hydrogens is 339 g/mol. The van der Waals surface area contributed by atoms with E-state index in [1.54, 1.807) is 6.07 Å². The minimum absolute atomic E-state index is 0.0158. The molecule has 2 rings (SSSR count). The number of rotatable bonds is 8. The summed E-state index contributed by atoms with van der Waals surface area (Å²) in [6.45, 7) is 6.09. The van der Waals surface area contributed by atoms with E-state index in [2.05, 4.69) is 24.1 Å². The molecule has 1 unspecified atom stereocenters. The molecule has 0 aliphatic rings. The number of halogens is 1. The first-order valence-electron chi connectivity index (χ1n) is 8.36. The summed E-state index contributed by atoms with van der Waals surface area (Å²) in [6, 6.07) is 5.67. The van der Waals surface area contributed by atoms with Gasteiger partial charge in [0.2, 0.25) is 5.91 Å². The first kappa shape index (κ1) is 19.2. The van der Waals surface area contributed by atoms with E-state index in [-0.39, 0.29) is 36.1 Å². The standard InChI is InChI=1S/C19H23FN2O2S/c1-12(2)10-16(19-21-13(3)11-25-19)22-18(24)9-8-17(23)14-6-4-5-7-15(14)20/h4-7,11-12,16H,8-10H2,1-3H3,(H,22,24). The van der Waals surface area contributed by atoms with Crippen LogP contribution in [0.3, 0.4) is 0 Å². The van der Waals surface area contributed by atoms with Crippen LogP contribution in [0.2, 0.25) is 0 Å². The number of benzene rings is 1. The number of ketones is 1. The number of aryl methyl sites for hydroxylation is 1. The average Bonchev–Trinajstić information content (AvgIpc) is 2.98. The highest BCUT2D eigenvalue weighted by Crippen LogP contribution is 2.24. The van der Waals surface area contributed by atoms with Crippen LogP contribution in [0.1, 0.15) is 60.2 Å². The molecule has 25 heavy (non-hydrogen) atoms. The van der Waals surface area contributed by atoms with Crippen LogP contribution in [0.25, 0.3) is 0 Å². The number of carbonyl (C=O) groups excluding carboxylic acids is 2. The monoisotopic (exact) mass is 362 g/mol. The van der Waals surface area contributed by atoms with Gasteiger partial charge in [-0.3, -0.25) is 9.59 Å². The number of Topliss-reactive ketones (excluding diaryl/α,β-unsaturated/α-hetero) is 1. The van der Waals surface area contributed by atoms with E-state index in [4.69, 9.17) is 0 Å². The third-order valence-corrected chi connectivity index (χ3v) is 4.81. The zero-order valence-corrected chi connectivity index (χ0v) is 15.5. The van der Waals surface area contributed by atoms with Gasteiger partial charge in [0.1, 0.15) is 10.8 Å². The fraction of sp³-hybridized carbons (Fsp3) is 0.421. The third kappa shape index (κ3) is 5.74. The third-order valence-electron chi connectivity index (χ3n) is 3.73. The molecule has 0 fully saturated rings. The SMILES string of the molecule is Cc1csc(C(CC(C)C)NC(=O)CCC(=O)c2ccccc2F)n1. The fourth-order valence-corrected chi connectivity index (χ4v) is 3.40. The second-order valence-electron chi connectivity index (χ2n) is 6.48. The van der Waals surface area contributed by atoms with Gasteiger partial charge in [-0.1, -0.05) is 26.0 Å². The molecule has 1 amide bonds. The summed E-state index contributed by atoms with van der Waals surface area (Å²) in [6.07, 6.45) is 0.796. The van der Waals surface area contributed by atoms with Gasteiger partial charge < -0.3 is 5.32 Å². The number of amides is 1. The minimum Gasteiger partial charge on any atom is -0.347 e. The lowest BCUT2D eigenvalue weighted by molar-refractivity contribution is -0.121. The summed E-state index contributed by atoms with van der Waals surface area (Å²) < 4.78 is 13.6. The Balaban J connectivity index is 1.95. The molecule has 0 radical (unpaired) electrons. The predicted octanol–water partition coefficient (Wildman–Crippen LogP) is 4.46. The quantitative estimate of drug-likeness (QED) is 0.706. The molecule has 1 atom stereocenters. The van der Waals surface area contributed by atoms with E-state index in [1.165, 1.54) is 29.5 Å². The zero-order chi connectivity index (χ0) is 18.4. The first-order chi connectivity index (χ1) is 11.9. The van der Waals surface area contributed by atoms with E-state index in [9.17, 15) is 14.0 Å². The summed E-state index contributed by atoms with van der Waals surface area (Å²) in [5.74, 6) is -0.736. The Morgan fingerprint density at radius 3 is 2.56 bits per heavy atom. The molecule has 1 aromatic carbocycles. The number of nitrogens with one attached hydrogen (secondary N) is 1. The first-order valence-corrected chi connectivity index (χ1v) is 9.24. The summed E-state index contributed by atoms with van der Waals surface area (Å²) in [5, 5.41) is 5.79. The molecule has 134 valence electrons. The Morgan fingerprint density at radius 1 is 1.24 bits per heavy atom. The maximum atomic E-state index is 13.6. The van der Waals surface area contributed by atoms with Crippen molar-refractivity contribution in [2.45, 2.75) is 46.1 Å². The number of carbonyl (C=O) groups is 2. The van der Waals surface area contributed by atoms with Crippen LogP contribution in [0, 0.1) is 18.7 Å². The fourth-order valence-electron chi connectivity index (χ4n) is 2.54. The number of aromatic nitrogens is 1. The van der Waals surface area contributed by atoms with Crippen molar-refractivity contribution >= 4 is 23.0 Å². The van der Waals surface area contributed by atoms with Crippen LogP contribution in [0.5, 0.6) is 0 Å². The lowest BCUT2D eigenvalue weighted by Gasteiger charge is -2.18. The van der Waals surface area contributed by atoms with Gasteiger partial charge >= 0.3 is 0 Å². The summed E-state index contributed by atoms with van der Waals surface area (Å²) in [5.41, 5.74) is 0.960. The van der Waals surface area contributed by atoms with Crippen LogP contribution >= 0.6 is 11.3 Å². The Labute approximate surface area is 151 Å². The van der Waals surface area contributed by atoms with Crippen molar-refractivity contribution in [3.05, 3.63) is 51.7 Å². The van der Waals surface area contributed by atoms with Gasteiger partial charge in [-0.25, -0.2) is 9.37 Å². The van der Waals surface area contributed by atoms with E-state index in [0.29, 0.717) is 5.92 Å². The van der Waals surface area contributed by atoms with Crippen LogP contribution in [-0.2, 0) is 4.79 Å². The highest BCUT2D eigenvalue weighted by atomic mass is 32.1. The Bertz CT molecular complexity index is 743. The normalized spacial score (nSPS) is 12.2. The van der Waals surface area contributed by atoms with E-state index in [0.717, 1.165) is 17.1 Å². The van der Waals surface area contributed by atoms with E-state index < -0.39 is 5.82 Å². The minimum atomic E-state index is -0.552. The van der Waals surface area contributed by atoms with Crippen molar-refractivity contribution in [2.75, 3.05) is 0 Å². The predicted molar refractivity (Wildman–Crippen MR) is 97.2 cm³/mol. The van der Waals surface area contributed by atoms with Crippen molar-refractivity contribution in [3.63, 3.8) is 0 Å². The van der Waals surface area contributed by atoms with Crippen molar-refractivity contribution in [2.24, 2.45) is 5.92 Å². The van der Waals surface area contributed by atoms with Crippen molar-refractivity contribution in [1.82, 2.24) is 10.3 Å². The highest BCUT2D eigenvalue weighted by molar-refractivity contribution is 7.09. The van der Waals surface area contributed by atoms with Gasteiger partial charge in [-0.2, -0.15) is 0 Å². The Kier molecular flexibility index (Phi) is 6.82. The van der Waals surface area contributed by atoms with Crippen molar-refractivity contribution < 1.29 is 14.0 Å². The van der Waals surface area contributed by atoms with Gasteiger partial charge in [-0.05, 0) is 31.4 Å². The maximum absolute atomic E-state index is 13.6. The second kappa shape index (κ2) is 8.85. The average molecular weight is 362 g/mol. The van der Waals surface area contributed by atoms with Crippen LogP contribution in [0.15, 0.2) is 29.6 Å². The molecule has 1 heterocycles. The second-order valence-corrected chi connectivity index (χ2v) is 7.37. The van der Waals surface area contributed by atoms with Crippen LogP contribution in [-0.4, -0.2) is 16.7 Å². The maximum Gasteiger partial charge on any atom is 0.221 e. The molecule has 0 spiro atoms. The molecule has 0 aliphatic heterocycles. The molecule has 0 saturated carbocycles. The van der Waals surface area contributed by atoms with Crippen molar-refractivity contribution in [1.29, 1.82) is 0 Å². The Hall–Kier alpha value is -2.08. The molecule has 0 aliphatic carbocycles. The van der Waals surface area contributed by atoms with Crippen LogP contribution < -0.4 is 5.32 Å². The largest absolute Gasteiger partial charge is 0.347 e. The molecule has 2 aromatic rings. The van der Waals surface area contributed by atoms with E-state index >= 15 is 0 Å². The Morgan fingerprint density at radius 2 is 1.96 bits per heavy atom. The smallest absolute Gasteiger partial charge is 0.221 e. The number of nitrogens with zero attached hydrogens (tertiary/aromatic N) is 1. The van der Waals surface area contributed by atoms with Gasteiger partial charge in [0.05, 0.1) is 11.6 Å². The molecule has 0 bridgehead atoms. The van der Waals surface area contributed by atoms with Gasteiger partial charge in [-0.15, -0.1) is 11.3 Å². The highest BCUT2D eigenvalue weighted by Gasteiger charge is 2.20. The molecule has 6 heteroatoms. The number of hydrogen-bond acceptors (Lipinski definition) is 4. The molecule has 1 N–H and O–H groups in total. The van der Waals surface area contributed by atoms with E-state index in [1.807, 2.05) is 12.3 Å². The van der Waals surface area contributed by atoms with Gasteiger partial charge in [0.15, 0.2) is 5.78 Å². The topological polar surface area (TPSA) is 59.1 Å². The molecular formula is C19H23FN2O2S. The van der Waals surface area contributed by atoms with Gasteiger partial charge in [0.25, 0.3) is 0 Å². The van der Waals surface area contributed by atoms with Gasteiger partial charge in [0, 0.05) is 23.9 Å². The molecule has 0 saturated heterocycles. The summed E-state index contributed by atoms with van der Waals surface area (Å²) >= 11 is 1.52. The number of hydrogen-bond donors (Lipinski definition) is 1. The summed E-state index contributed by atoms with van der Waals surface area (Å²) in [4.78, 5) is 28.8. The zero-order valence-electron chi connectivity index (χ0n) is 14.7. The summed E-state index contributed by atoms with van der Waals surface area (Å²) in [7, 11) is 0. The molecule has 1 aromatic heterocycles. The lowest BCUT2D eigenvalue weighted by atomic mass is 10.0. The molecule has 4 nitrogen and oxygen atoms in total. The number of thiazole rings is 1. The van der Waals surface area contributed by atoms with Crippen LogP contribution in [0.4, 0.5) is 4.39 Å². The van der Waals surface area contributed by atoms with Crippen molar-refractivity contribution in [3.8, 4) is 0 Å². The lowest BCUT2D eigenvalue weighted by Crippen LogP contribution is -2.29.